The molecule has 0 amide bonds. The van der Waals surface area contributed by atoms with Crippen molar-refractivity contribution >= 4 is 33.5 Å². The van der Waals surface area contributed by atoms with Crippen molar-refractivity contribution in [3.8, 4) is 11.5 Å². The van der Waals surface area contributed by atoms with Crippen LogP contribution in [0.4, 0.5) is 0 Å². The molecule has 0 aliphatic heterocycles. The summed E-state index contributed by atoms with van der Waals surface area (Å²) in [4.78, 5) is 25.2. The van der Waals surface area contributed by atoms with Gasteiger partial charge in [0.2, 0.25) is 0 Å². The first kappa shape index (κ1) is 27.4. The van der Waals surface area contributed by atoms with E-state index in [0.29, 0.717) is 22.7 Å². The first-order valence-electron chi connectivity index (χ1n) is 12.5. The van der Waals surface area contributed by atoms with Crippen LogP contribution in [0.2, 0.25) is 0 Å². The topological polar surface area (TPSA) is 123 Å². The molecule has 4 aromatic rings. The maximum absolute atomic E-state index is 11.6. The van der Waals surface area contributed by atoms with Gasteiger partial charge in [0.05, 0.1) is 0 Å². The molecule has 9 nitrogen and oxygen atoms in total. The monoisotopic (exact) mass is 523 g/mol. The van der Waals surface area contributed by atoms with Crippen LogP contribution in [0.5, 0.6) is 11.5 Å². The Morgan fingerprint density at radius 2 is 1.21 bits per heavy atom. The van der Waals surface area contributed by atoms with Gasteiger partial charge >= 0.3 is 0 Å². The maximum atomic E-state index is 11.6. The second-order valence-electron chi connectivity index (χ2n) is 9.66. The molecule has 2 unspecified atom stereocenters. The van der Waals surface area contributed by atoms with Crippen LogP contribution < -0.4 is 9.47 Å². The highest BCUT2D eigenvalue weighted by molar-refractivity contribution is 5.97. The number of carbonyl (C=O) groups is 2. The highest BCUT2D eigenvalue weighted by atomic mass is 16.5. The van der Waals surface area contributed by atoms with E-state index in [0.717, 1.165) is 10.8 Å². The number of para-hydroxylation sites is 2. The number of ether oxygens (including phenoxy) is 2. The molecule has 4 rings (SSSR count). The van der Waals surface area contributed by atoms with Gasteiger partial charge in [-0.05, 0) is 38.1 Å². The second-order valence-corrected chi connectivity index (χ2v) is 9.66. The van der Waals surface area contributed by atoms with Crippen molar-refractivity contribution in [2.45, 2.75) is 45.9 Å². The Bertz CT molecular complexity index is 1310. The molecule has 0 saturated heterocycles. The lowest BCUT2D eigenvalue weighted by atomic mass is 10.2. The smallest absolute Gasteiger partial charge is 0.194 e. The average Bonchev–Trinajstić information content (AvgIpc) is 3.51. The highest BCUT2D eigenvalue weighted by Gasteiger charge is 2.21. The molecule has 0 radical (unpaired) electrons. The summed E-state index contributed by atoms with van der Waals surface area (Å²) in [6, 6.07) is 14.1. The average molecular weight is 524 g/mol. The van der Waals surface area contributed by atoms with Gasteiger partial charge in [0.25, 0.3) is 0 Å². The Morgan fingerprint density at radius 1 is 0.789 bits per heavy atom. The van der Waals surface area contributed by atoms with E-state index in [2.05, 4.69) is 0 Å². The van der Waals surface area contributed by atoms with Crippen LogP contribution in [0, 0.1) is 0 Å². The zero-order valence-corrected chi connectivity index (χ0v) is 22.0. The fraction of sp³-hybridized carbons (Fsp3) is 0.379. The first-order chi connectivity index (χ1) is 18.1. The van der Waals surface area contributed by atoms with Crippen LogP contribution in [0.3, 0.4) is 0 Å². The normalized spacial score (nSPS) is 13.4. The van der Waals surface area contributed by atoms with Gasteiger partial charge < -0.3 is 28.5 Å². The van der Waals surface area contributed by atoms with Gasteiger partial charge in [-0.3, -0.25) is 14.5 Å². The number of carbonyl (C=O) groups excluding carboxylic acids is 2. The lowest BCUT2D eigenvalue weighted by molar-refractivity contribution is 0.0197. The summed E-state index contributed by atoms with van der Waals surface area (Å²) in [7, 11) is 0. The minimum absolute atomic E-state index is 0.00397. The molecule has 0 bridgehead atoms. The molecule has 0 aliphatic rings. The van der Waals surface area contributed by atoms with E-state index in [1.54, 1.807) is 36.4 Å². The van der Waals surface area contributed by atoms with Gasteiger partial charge in [-0.15, -0.1) is 0 Å². The third kappa shape index (κ3) is 6.42. The molecule has 0 aliphatic carbocycles. The van der Waals surface area contributed by atoms with Crippen LogP contribution in [-0.4, -0.2) is 71.2 Å². The number of benzene rings is 2. The number of nitrogens with zero attached hydrogens (tertiary/aromatic N) is 1. The molecule has 2 N–H and O–H groups in total. The number of ketones is 2. The van der Waals surface area contributed by atoms with Crippen molar-refractivity contribution in [3.05, 3.63) is 60.1 Å². The molecule has 202 valence electrons. The summed E-state index contributed by atoms with van der Waals surface area (Å²) in [5.74, 6) is 1.04. The van der Waals surface area contributed by atoms with Crippen molar-refractivity contribution < 1.29 is 38.1 Å². The second kappa shape index (κ2) is 11.8. The summed E-state index contributed by atoms with van der Waals surface area (Å²) >= 11 is 0. The molecule has 0 saturated carbocycles. The van der Waals surface area contributed by atoms with E-state index < -0.39 is 12.2 Å². The van der Waals surface area contributed by atoms with Crippen molar-refractivity contribution in [2.75, 3.05) is 26.3 Å². The number of aliphatic hydroxyl groups is 2. The van der Waals surface area contributed by atoms with Crippen LogP contribution >= 0.6 is 0 Å². The minimum Gasteiger partial charge on any atom is -0.487 e. The molecular weight excluding hydrogens is 490 g/mol. The van der Waals surface area contributed by atoms with E-state index in [-0.39, 0.29) is 55.4 Å². The number of furan rings is 2. The Labute approximate surface area is 220 Å². The van der Waals surface area contributed by atoms with Crippen LogP contribution in [0.25, 0.3) is 21.9 Å². The molecule has 9 heteroatoms. The summed E-state index contributed by atoms with van der Waals surface area (Å²) in [6.45, 7) is 7.35. The van der Waals surface area contributed by atoms with Crippen molar-refractivity contribution in [3.63, 3.8) is 0 Å². The SMILES string of the molecule is CC(=O)c1cc2cccc(OCC(O)CN(CC(O)COc3cccc4cc(C(C)=O)oc34)C(C)C)c2o1. The Kier molecular flexibility index (Phi) is 8.51. The summed E-state index contributed by atoms with van der Waals surface area (Å²) in [5, 5.41) is 22.8. The van der Waals surface area contributed by atoms with Crippen LogP contribution in [0.1, 0.15) is 48.8 Å². The number of rotatable bonds is 13. The largest absolute Gasteiger partial charge is 0.487 e. The molecule has 0 fully saturated rings. The maximum Gasteiger partial charge on any atom is 0.194 e. The minimum atomic E-state index is -0.843. The predicted octanol–water partition coefficient (Wildman–Crippen LogP) is 4.47. The summed E-state index contributed by atoms with van der Waals surface area (Å²) in [5.41, 5.74) is 0.917. The lowest BCUT2D eigenvalue weighted by Crippen LogP contribution is -2.45. The van der Waals surface area contributed by atoms with Gasteiger partial charge in [0, 0.05) is 43.8 Å². The fourth-order valence-corrected chi connectivity index (χ4v) is 4.16. The molecule has 2 aromatic heterocycles. The van der Waals surface area contributed by atoms with Crippen LogP contribution in [-0.2, 0) is 0 Å². The third-order valence-corrected chi connectivity index (χ3v) is 6.19. The predicted molar refractivity (Wildman–Crippen MR) is 142 cm³/mol. The lowest BCUT2D eigenvalue weighted by Gasteiger charge is -2.30. The standard InChI is InChI=1S/C29H33NO8/c1-17(2)30(13-22(33)15-35-24-9-5-7-20-11-26(18(3)31)37-28(20)24)14-23(34)16-36-25-10-6-8-21-12-27(19(4)32)38-29(21)25/h5-12,17,22-23,33-34H,13-16H2,1-4H3. The van der Waals surface area contributed by atoms with E-state index in [1.165, 1.54) is 13.8 Å². The van der Waals surface area contributed by atoms with Crippen molar-refractivity contribution in [1.82, 2.24) is 4.90 Å². The van der Waals surface area contributed by atoms with Gasteiger partial charge in [-0.2, -0.15) is 0 Å². The molecule has 0 spiro atoms. The zero-order valence-electron chi connectivity index (χ0n) is 22.0. The van der Waals surface area contributed by atoms with E-state index >= 15 is 0 Å². The van der Waals surface area contributed by atoms with Gasteiger partial charge in [0.1, 0.15) is 25.4 Å². The summed E-state index contributed by atoms with van der Waals surface area (Å²) < 4.78 is 22.9. The Balaban J connectivity index is 1.33. The first-order valence-corrected chi connectivity index (χ1v) is 12.5. The molecule has 38 heavy (non-hydrogen) atoms. The van der Waals surface area contributed by atoms with Crippen LogP contribution in [0.15, 0.2) is 57.4 Å². The van der Waals surface area contributed by atoms with Crippen molar-refractivity contribution in [2.24, 2.45) is 0 Å². The highest BCUT2D eigenvalue weighted by Crippen LogP contribution is 2.30. The van der Waals surface area contributed by atoms with Crippen molar-refractivity contribution in [1.29, 1.82) is 0 Å². The fourth-order valence-electron chi connectivity index (χ4n) is 4.16. The van der Waals surface area contributed by atoms with Gasteiger partial charge in [0.15, 0.2) is 45.8 Å². The zero-order chi connectivity index (χ0) is 27.4. The molecule has 2 aromatic carbocycles. The van der Waals surface area contributed by atoms with Gasteiger partial charge in [-0.25, -0.2) is 0 Å². The number of Topliss-reactive ketones (excluding diaryl/α,β-unsaturated/α-hetero) is 2. The van der Waals surface area contributed by atoms with E-state index in [4.69, 9.17) is 18.3 Å². The molecule has 2 heterocycles. The Hall–Kier alpha value is -3.66. The number of hydrogen-bond acceptors (Lipinski definition) is 9. The number of hydrogen-bond donors (Lipinski definition) is 2. The van der Waals surface area contributed by atoms with E-state index in [1.807, 2.05) is 30.9 Å². The van der Waals surface area contributed by atoms with E-state index in [9.17, 15) is 19.8 Å². The Morgan fingerprint density at radius 3 is 1.58 bits per heavy atom. The number of aliphatic hydroxyl groups excluding tert-OH is 2. The van der Waals surface area contributed by atoms with Gasteiger partial charge in [-0.1, -0.05) is 24.3 Å². The quantitative estimate of drug-likeness (QED) is 0.244. The number of fused-ring (bicyclic) bond motifs is 2. The molecular formula is C29H33NO8. The molecule has 2 atom stereocenters. The third-order valence-electron chi connectivity index (χ3n) is 6.19. The summed E-state index contributed by atoms with van der Waals surface area (Å²) in [6.07, 6.45) is -1.69.